The predicted octanol–water partition coefficient (Wildman–Crippen LogP) is 15.3. The first-order valence-electron chi connectivity index (χ1n) is 22.6. The van der Waals surface area contributed by atoms with Gasteiger partial charge < -0.3 is 4.57 Å². The molecule has 2 heterocycles. The zero-order valence-corrected chi connectivity index (χ0v) is 37.8. The van der Waals surface area contributed by atoms with Crippen LogP contribution in [0.2, 0.25) is 0 Å². The molecule has 0 atom stereocenters. The van der Waals surface area contributed by atoms with Gasteiger partial charge in [0.1, 0.15) is 11.5 Å². The minimum Gasteiger partial charge on any atom is -0.339 e. The molecule has 6 nitrogen and oxygen atoms in total. The fourth-order valence-corrected chi connectivity index (χ4v) is 7.92. The molecule has 10 rings (SSSR count). The number of rotatable bonds is 8. The summed E-state index contributed by atoms with van der Waals surface area (Å²) in [5.74, 6) is 0.887. The van der Waals surface area contributed by atoms with Crippen LogP contribution in [0, 0.1) is 33.1 Å². The normalized spacial score (nSPS) is 11.3. The van der Waals surface area contributed by atoms with Crippen molar-refractivity contribution in [3.63, 3.8) is 0 Å². The largest absolute Gasteiger partial charge is 0.339 e. The molecule has 0 aliphatic carbocycles. The molecule has 8 aromatic carbocycles. The molecule has 0 aliphatic rings. The van der Waals surface area contributed by atoms with Crippen LogP contribution < -0.4 is 0 Å². The van der Waals surface area contributed by atoms with Gasteiger partial charge in [0.05, 0.1) is 35.8 Å². The van der Waals surface area contributed by atoms with Gasteiger partial charge in [-0.15, -0.1) is 23.8 Å². The van der Waals surface area contributed by atoms with Crippen LogP contribution in [0.15, 0.2) is 213 Å². The van der Waals surface area contributed by atoms with Gasteiger partial charge in [0.25, 0.3) is 0 Å². The Kier molecular flexibility index (Phi) is 11.8. The minimum atomic E-state index is -0.129. The quantitative estimate of drug-likeness (QED) is 0.142. The fraction of sp³-hybridized carbons (Fsp3) is 0.0345. The fourth-order valence-electron chi connectivity index (χ4n) is 7.92. The summed E-state index contributed by atoms with van der Waals surface area (Å²) < 4.78 is 37.9. The van der Waals surface area contributed by atoms with Gasteiger partial charge in [-0.05, 0) is 77.6 Å². The Morgan fingerprint density at radius 1 is 0.462 bits per heavy atom. The summed E-state index contributed by atoms with van der Waals surface area (Å²) in [4.78, 5) is 16.0. The molecule has 0 saturated carbocycles. The Bertz CT molecular complexity index is 3190. The Labute approximate surface area is 399 Å². The van der Waals surface area contributed by atoms with Crippen LogP contribution in [-0.2, 0) is 20.1 Å². The maximum atomic E-state index is 8.83. The van der Waals surface area contributed by atoms with Gasteiger partial charge in [-0.2, -0.15) is 6.07 Å². The molecule has 0 fully saturated rings. The zero-order valence-electron chi connectivity index (χ0n) is 39.4. The molecule has 2 aromatic heterocycles. The maximum absolute atomic E-state index is 8.83. The average molecular weight is 1020 g/mol. The van der Waals surface area contributed by atoms with E-state index in [1.807, 2.05) is 103 Å². The second kappa shape index (κ2) is 19.9. The van der Waals surface area contributed by atoms with Crippen molar-refractivity contribution in [2.75, 3.05) is 0 Å². The van der Waals surface area contributed by atoms with Crippen molar-refractivity contribution in [1.82, 2.24) is 19.1 Å². The van der Waals surface area contributed by atoms with E-state index in [0.717, 1.165) is 67.0 Å². The monoisotopic (exact) mass is 1020 g/mol. The van der Waals surface area contributed by atoms with Gasteiger partial charge in [0.15, 0.2) is 5.69 Å². The van der Waals surface area contributed by atoms with E-state index in [1.165, 1.54) is 0 Å². The molecule has 0 N–H and O–H groups in total. The standard InChI is InChI=1S/C29H21N3.C29H20N3.Ir/c2*1-21-18-26(22-10-5-3-6-11-22)28(27(19-21)23-12-7-4-8-13-23)32-17-16-31-29(32)24-14-9-15-25(20-24)30-2;/h3-20H,1H3;3-13,15-20H,1H3;/q;-1;/i2*16D,17D;. The van der Waals surface area contributed by atoms with E-state index in [1.54, 1.807) is 45.5 Å². The minimum absolute atomic E-state index is 0. The van der Waals surface area contributed by atoms with E-state index < -0.39 is 0 Å². The van der Waals surface area contributed by atoms with Crippen molar-refractivity contribution in [2.45, 2.75) is 13.8 Å². The van der Waals surface area contributed by atoms with Crippen molar-refractivity contribution in [1.29, 1.82) is 0 Å². The molecule has 0 bridgehead atoms. The molecule has 10 aromatic rings. The number of nitrogens with zero attached hydrogens (tertiary/aromatic N) is 6. The molecular formula is C58H41IrN6-. The van der Waals surface area contributed by atoms with Crippen LogP contribution in [0.4, 0.5) is 11.4 Å². The molecule has 1 radical (unpaired) electrons. The Hall–Kier alpha value is -8.19. The van der Waals surface area contributed by atoms with E-state index in [0.29, 0.717) is 34.2 Å². The Balaban J connectivity index is 0.000000183. The van der Waals surface area contributed by atoms with Gasteiger partial charge in [-0.1, -0.05) is 140 Å². The molecular weight excluding hydrogens is 973 g/mol. The predicted molar refractivity (Wildman–Crippen MR) is 261 cm³/mol. The number of aryl methyl sites for hydroxylation is 2. The smallest absolute Gasteiger partial charge is 0.187 e. The summed E-state index contributed by atoms with van der Waals surface area (Å²) >= 11 is 0. The third-order valence-corrected chi connectivity index (χ3v) is 10.8. The summed E-state index contributed by atoms with van der Waals surface area (Å²) in [6.45, 7) is 18.9. The summed E-state index contributed by atoms with van der Waals surface area (Å²) in [5, 5.41) is 0. The van der Waals surface area contributed by atoms with E-state index >= 15 is 0 Å². The Morgan fingerprint density at radius 3 is 1.28 bits per heavy atom. The van der Waals surface area contributed by atoms with Crippen LogP contribution in [0.3, 0.4) is 0 Å². The van der Waals surface area contributed by atoms with Crippen molar-refractivity contribution in [3.8, 4) is 78.7 Å². The number of aromatic nitrogens is 4. The molecule has 0 saturated heterocycles. The van der Waals surface area contributed by atoms with Crippen LogP contribution in [0.1, 0.15) is 16.6 Å². The van der Waals surface area contributed by atoms with Crippen molar-refractivity contribution >= 4 is 11.4 Å². The van der Waals surface area contributed by atoms with Crippen molar-refractivity contribution < 1.29 is 25.6 Å². The molecule has 0 aliphatic heterocycles. The molecule has 313 valence electrons. The first-order valence-corrected chi connectivity index (χ1v) is 20.6. The first-order chi connectivity index (χ1) is 33.1. The third-order valence-electron chi connectivity index (χ3n) is 10.8. The van der Waals surface area contributed by atoms with Gasteiger partial charge in [0, 0.05) is 72.6 Å². The summed E-state index contributed by atoms with van der Waals surface area (Å²) in [7, 11) is 0. The third kappa shape index (κ3) is 9.30. The summed E-state index contributed by atoms with van der Waals surface area (Å²) in [6, 6.07) is 64.0. The topological polar surface area (TPSA) is 44.4 Å². The SMILES string of the molecule is [2H]c1nc(-c2[c-]ccc([N+]#[C-])c2)n(-c2c(-c3ccccc3)cc(C)cc2-c2ccccc2)c1[2H].[2H]c1nc(-c2cccc([N+]#[C-])c2)n(-c2c(-c3ccccc3)cc(C)cc2-c2ccccc2)c1[2H].[Ir]. The number of imidazole rings is 2. The Morgan fingerprint density at radius 2 is 0.846 bits per heavy atom. The van der Waals surface area contributed by atoms with Crippen LogP contribution in [0.25, 0.3) is 88.3 Å². The zero-order chi connectivity index (χ0) is 47.3. The summed E-state index contributed by atoms with van der Waals surface area (Å²) in [5.41, 5.74) is 13.8. The summed E-state index contributed by atoms with van der Waals surface area (Å²) in [6.07, 6.45) is -0.256. The second-order valence-electron chi connectivity index (χ2n) is 15.1. The van der Waals surface area contributed by atoms with Crippen molar-refractivity contribution in [3.05, 3.63) is 253 Å². The van der Waals surface area contributed by atoms with E-state index in [4.69, 9.17) is 18.6 Å². The first kappa shape index (κ1) is 38.5. The maximum Gasteiger partial charge on any atom is 0.187 e. The molecule has 0 spiro atoms. The number of benzene rings is 8. The van der Waals surface area contributed by atoms with Crippen LogP contribution >= 0.6 is 0 Å². The van der Waals surface area contributed by atoms with Crippen LogP contribution in [-0.4, -0.2) is 19.1 Å². The number of hydrogen-bond acceptors (Lipinski definition) is 2. The molecule has 0 unspecified atom stereocenters. The molecule has 0 amide bonds. The van der Waals surface area contributed by atoms with E-state index in [-0.39, 0.29) is 44.8 Å². The van der Waals surface area contributed by atoms with Gasteiger partial charge in [0.2, 0.25) is 0 Å². The van der Waals surface area contributed by atoms with E-state index in [2.05, 4.69) is 88.1 Å². The second-order valence-corrected chi connectivity index (χ2v) is 15.1. The number of hydrogen-bond donors (Lipinski definition) is 0. The average Bonchev–Trinajstić information content (AvgIpc) is 3.86. The van der Waals surface area contributed by atoms with Gasteiger partial charge in [-0.3, -0.25) is 14.4 Å². The van der Waals surface area contributed by atoms with E-state index in [9.17, 15) is 0 Å². The molecule has 7 heteroatoms. The van der Waals surface area contributed by atoms with Gasteiger partial charge >= 0.3 is 0 Å². The van der Waals surface area contributed by atoms with Crippen molar-refractivity contribution in [2.24, 2.45) is 0 Å². The van der Waals surface area contributed by atoms with Crippen LogP contribution in [0.5, 0.6) is 0 Å². The molecule has 65 heavy (non-hydrogen) atoms. The van der Waals surface area contributed by atoms with Gasteiger partial charge in [-0.25, -0.2) is 9.83 Å².